The van der Waals surface area contributed by atoms with Crippen molar-refractivity contribution in [3.8, 4) is 6.07 Å². The fourth-order valence-corrected chi connectivity index (χ4v) is 4.33. The summed E-state index contributed by atoms with van der Waals surface area (Å²) < 4.78 is 0. The first-order valence-corrected chi connectivity index (χ1v) is 9.00. The Morgan fingerprint density at radius 2 is 1.96 bits per heavy atom. The Morgan fingerprint density at radius 1 is 1.08 bits per heavy atom. The van der Waals surface area contributed by atoms with E-state index in [1.54, 1.807) is 0 Å². The maximum absolute atomic E-state index is 9.08. The number of nitriles is 1. The van der Waals surface area contributed by atoms with Gasteiger partial charge in [-0.05, 0) is 49.6 Å². The Balaban J connectivity index is 1.43. The van der Waals surface area contributed by atoms with Crippen molar-refractivity contribution in [2.24, 2.45) is 5.41 Å². The van der Waals surface area contributed by atoms with Crippen LogP contribution in [0.15, 0.2) is 42.7 Å². The summed E-state index contributed by atoms with van der Waals surface area (Å²) in [5.41, 5.74) is 2.33. The van der Waals surface area contributed by atoms with Gasteiger partial charge in [-0.25, -0.2) is 9.97 Å². The molecule has 2 aromatic rings. The summed E-state index contributed by atoms with van der Waals surface area (Å²) in [6.45, 7) is 5.27. The van der Waals surface area contributed by atoms with Crippen LogP contribution in [0.5, 0.6) is 0 Å². The van der Waals surface area contributed by atoms with Gasteiger partial charge in [0.1, 0.15) is 0 Å². The SMILES string of the molecule is N#Cc1cccc(CN2CC[C@@]3(CCCN(c4ncccn4)C3)C2)c1. The predicted molar refractivity (Wildman–Crippen MR) is 97.0 cm³/mol. The van der Waals surface area contributed by atoms with Gasteiger partial charge < -0.3 is 4.90 Å². The topological polar surface area (TPSA) is 56.1 Å². The third kappa shape index (κ3) is 3.49. The molecule has 1 aromatic carbocycles. The second-order valence-electron chi connectivity index (χ2n) is 7.35. The van der Waals surface area contributed by atoms with Crippen molar-refractivity contribution in [2.45, 2.75) is 25.8 Å². The van der Waals surface area contributed by atoms with Gasteiger partial charge in [0.15, 0.2) is 0 Å². The van der Waals surface area contributed by atoms with Crippen LogP contribution in [0.2, 0.25) is 0 Å². The summed E-state index contributed by atoms with van der Waals surface area (Å²) in [4.78, 5) is 13.8. The van der Waals surface area contributed by atoms with Crippen LogP contribution in [0.25, 0.3) is 0 Å². The van der Waals surface area contributed by atoms with Crippen LogP contribution in [-0.2, 0) is 6.54 Å². The first-order chi connectivity index (χ1) is 12.3. The van der Waals surface area contributed by atoms with Crippen LogP contribution in [0, 0.1) is 16.7 Å². The molecule has 25 heavy (non-hydrogen) atoms. The van der Waals surface area contributed by atoms with Crippen molar-refractivity contribution >= 4 is 5.95 Å². The molecule has 1 aromatic heterocycles. The number of hydrogen-bond acceptors (Lipinski definition) is 5. The molecule has 4 rings (SSSR count). The van der Waals surface area contributed by atoms with Gasteiger partial charge in [-0.1, -0.05) is 12.1 Å². The highest BCUT2D eigenvalue weighted by molar-refractivity contribution is 5.33. The van der Waals surface area contributed by atoms with Gasteiger partial charge in [0.2, 0.25) is 5.95 Å². The minimum atomic E-state index is 0.351. The summed E-state index contributed by atoms with van der Waals surface area (Å²) >= 11 is 0. The number of anilines is 1. The number of hydrogen-bond donors (Lipinski definition) is 0. The number of benzene rings is 1. The molecular weight excluding hydrogens is 310 g/mol. The molecule has 0 saturated carbocycles. The number of nitrogens with zero attached hydrogens (tertiary/aromatic N) is 5. The lowest BCUT2D eigenvalue weighted by atomic mass is 9.79. The van der Waals surface area contributed by atoms with Gasteiger partial charge in [0.05, 0.1) is 11.6 Å². The zero-order valence-electron chi connectivity index (χ0n) is 14.4. The van der Waals surface area contributed by atoms with Crippen molar-refractivity contribution in [1.82, 2.24) is 14.9 Å². The number of rotatable bonds is 3. The lowest BCUT2D eigenvalue weighted by molar-refractivity contribution is 0.215. The standard InChI is InChI=1S/C20H23N5/c21-13-17-4-1-5-18(12-17)14-24-11-7-20(15-24)6-2-10-25(16-20)19-22-8-3-9-23-19/h1,3-5,8-9,12H,2,6-7,10-11,14-16H2/t20-/m0/s1. The number of piperidine rings is 1. The van der Waals surface area contributed by atoms with Crippen LogP contribution >= 0.6 is 0 Å². The minimum Gasteiger partial charge on any atom is -0.340 e. The van der Waals surface area contributed by atoms with Crippen molar-refractivity contribution in [2.75, 3.05) is 31.1 Å². The average molecular weight is 333 g/mol. The molecule has 0 radical (unpaired) electrons. The molecule has 1 atom stereocenters. The van der Waals surface area contributed by atoms with E-state index in [1.165, 1.54) is 24.8 Å². The second kappa shape index (κ2) is 6.81. The Bertz CT molecular complexity index is 769. The van der Waals surface area contributed by atoms with E-state index in [9.17, 15) is 0 Å². The highest BCUT2D eigenvalue weighted by Crippen LogP contribution is 2.40. The Kier molecular flexibility index (Phi) is 4.37. The van der Waals surface area contributed by atoms with Crippen LogP contribution in [0.1, 0.15) is 30.4 Å². The molecule has 2 aliphatic rings. The van der Waals surface area contributed by atoms with E-state index in [2.05, 4.69) is 31.9 Å². The van der Waals surface area contributed by atoms with E-state index in [-0.39, 0.29) is 0 Å². The lowest BCUT2D eigenvalue weighted by Gasteiger charge is -2.40. The molecule has 2 fully saturated rings. The molecule has 3 heterocycles. The molecule has 0 amide bonds. The maximum Gasteiger partial charge on any atom is 0.225 e. The zero-order valence-corrected chi connectivity index (χ0v) is 14.4. The third-order valence-corrected chi connectivity index (χ3v) is 5.48. The van der Waals surface area contributed by atoms with Crippen molar-refractivity contribution < 1.29 is 0 Å². The molecule has 0 unspecified atom stereocenters. The van der Waals surface area contributed by atoms with Gasteiger partial charge in [0, 0.05) is 44.0 Å². The zero-order chi connectivity index (χ0) is 17.1. The molecule has 2 aliphatic heterocycles. The fraction of sp³-hybridized carbons (Fsp3) is 0.450. The molecular formula is C20H23N5. The molecule has 5 heteroatoms. The second-order valence-corrected chi connectivity index (χ2v) is 7.35. The lowest BCUT2D eigenvalue weighted by Crippen LogP contribution is -2.45. The van der Waals surface area contributed by atoms with Crippen molar-refractivity contribution in [1.29, 1.82) is 5.26 Å². The molecule has 0 aliphatic carbocycles. The van der Waals surface area contributed by atoms with Crippen LogP contribution in [-0.4, -0.2) is 41.0 Å². The molecule has 5 nitrogen and oxygen atoms in total. The summed E-state index contributed by atoms with van der Waals surface area (Å²) in [7, 11) is 0. The van der Waals surface area contributed by atoms with E-state index in [0.717, 1.165) is 44.2 Å². The third-order valence-electron chi connectivity index (χ3n) is 5.48. The summed E-state index contributed by atoms with van der Waals surface area (Å²) in [6, 6.07) is 12.1. The van der Waals surface area contributed by atoms with E-state index in [1.807, 2.05) is 36.7 Å². The smallest absolute Gasteiger partial charge is 0.225 e. The van der Waals surface area contributed by atoms with E-state index in [4.69, 9.17) is 5.26 Å². The minimum absolute atomic E-state index is 0.351. The first-order valence-electron chi connectivity index (χ1n) is 9.00. The Hall–Kier alpha value is -2.45. The van der Waals surface area contributed by atoms with Gasteiger partial charge in [-0.2, -0.15) is 5.26 Å². The van der Waals surface area contributed by atoms with E-state index in [0.29, 0.717) is 5.41 Å². The Labute approximate surface area is 148 Å². The van der Waals surface area contributed by atoms with Crippen LogP contribution < -0.4 is 4.90 Å². The van der Waals surface area contributed by atoms with Crippen LogP contribution in [0.3, 0.4) is 0 Å². The normalized spacial score (nSPS) is 23.7. The molecule has 128 valence electrons. The van der Waals surface area contributed by atoms with Crippen LogP contribution in [0.4, 0.5) is 5.95 Å². The average Bonchev–Trinajstić information content (AvgIpc) is 3.04. The van der Waals surface area contributed by atoms with E-state index >= 15 is 0 Å². The van der Waals surface area contributed by atoms with E-state index < -0.39 is 0 Å². The van der Waals surface area contributed by atoms with Gasteiger partial charge in [-0.15, -0.1) is 0 Å². The van der Waals surface area contributed by atoms with Gasteiger partial charge >= 0.3 is 0 Å². The van der Waals surface area contributed by atoms with Gasteiger partial charge in [0.25, 0.3) is 0 Å². The molecule has 0 N–H and O–H groups in total. The van der Waals surface area contributed by atoms with Gasteiger partial charge in [-0.3, -0.25) is 4.90 Å². The quantitative estimate of drug-likeness (QED) is 0.864. The number of likely N-dealkylation sites (tertiary alicyclic amines) is 1. The first kappa shape index (κ1) is 16.0. The maximum atomic E-state index is 9.08. The largest absolute Gasteiger partial charge is 0.340 e. The van der Waals surface area contributed by atoms with Crippen molar-refractivity contribution in [3.05, 3.63) is 53.9 Å². The molecule has 0 bridgehead atoms. The summed E-state index contributed by atoms with van der Waals surface area (Å²) in [5.74, 6) is 0.863. The Morgan fingerprint density at radius 3 is 2.80 bits per heavy atom. The highest BCUT2D eigenvalue weighted by atomic mass is 15.3. The monoisotopic (exact) mass is 333 g/mol. The summed E-state index contributed by atoms with van der Waals surface area (Å²) in [5, 5.41) is 9.08. The molecule has 2 saturated heterocycles. The highest BCUT2D eigenvalue weighted by Gasteiger charge is 2.41. The number of aromatic nitrogens is 2. The molecule has 1 spiro atoms. The fourth-order valence-electron chi connectivity index (χ4n) is 4.33. The predicted octanol–water partition coefficient (Wildman–Crippen LogP) is 2.84. The van der Waals surface area contributed by atoms with Crippen molar-refractivity contribution in [3.63, 3.8) is 0 Å². The summed E-state index contributed by atoms with van der Waals surface area (Å²) in [6.07, 6.45) is 7.37.